The van der Waals surface area contributed by atoms with Gasteiger partial charge in [0.2, 0.25) is 5.95 Å². The Balaban J connectivity index is 1.59. The molecule has 2 aromatic rings. The van der Waals surface area contributed by atoms with Crippen LogP contribution in [0.1, 0.15) is 18.4 Å². The largest absolute Gasteiger partial charge is 0.371 e. The van der Waals surface area contributed by atoms with Gasteiger partial charge in [-0.3, -0.25) is 4.72 Å². The van der Waals surface area contributed by atoms with Crippen molar-refractivity contribution in [3.63, 3.8) is 0 Å². The molecule has 0 spiro atoms. The molecule has 2 fully saturated rings. The lowest BCUT2D eigenvalue weighted by Crippen LogP contribution is -2.26. The van der Waals surface area contributed by atoms with Crippen LogP contribution in [0.3, 0.4) is 0 Å². The molecule has 2 saturated heterocycles. The molecule has 0 amide bonds. The summed E-state index contributed by atoms with van der Waals surface area (Å²) in [5, 5.41) is 0. The first kappa shape index (κ1) is 21.9. The van der Waals surface area contributed by atoms with E-state index >= 15 is 4.39 Å². The average molecular weight is 455 g/mol. The Labute approximate surface area is 180 Å². The molecule has 0 bridgehead atoms. The van der Waals surface area contributed by atoms with Crippen molar-refractivity contribution in [2.75, 3.05) is 42.8 Å². The number of pyridine rings is 1. The lowest BCUT2D eigenvalue weighted by atomic mass is 9.91. The van der Waals surface area contributed by atoms with Gasteiger partial charge in [0.05, 0.1) is 0 Å². The van der Waals surface area contributed by atoms with Gasteiger partial charge in [0.15, 0.2) is 10.7 Å². The van der Waals surface area contributed by atoms with Gasteiger partial charge < -0.3 is 9.80 Å². The Morgan fingerprint density at radius 1 is 1.10 bits per heavy atom. The van der Waals surface area contributed by atoms with Crippen LogP contribution < -0.4 is 9.62 Å². The number of anilines is 2. The van der Waals surface area contributed by atoms with Crippen LogP contribution in [0.5, 0.6) is 0 Å². The number of hydrogen-bond acceptors (Lipinski definition) is 5. The maximum Gasteiger partial charge on any atom is 0.268 e. The average Bonchev–Trinajstić information content (AvgIpc) is 3.33. The van der Waals surface area contributed by atoms with Gasteiger partial charge in [0, 0.05) is 30.9 Å². The SMILES string of the molecule is Cc1c(N2CC[C@H](C3CCN(C)C3)C2)cc(F)c(S(=O)(=O)Nc2cccc(F)n2)c1F. The van der Waals surface area contributed by atoms with Crippen molar-refractivity contribution in [1.82, 2.24) is 9.88 Å². The predicted molar refractivity (Wildman–Crippen MR) is 112 cm³/mol. The summed E-state index contributed by atoms with van der Waals surface area (Å²) in [4.78, 5) is 6.52. The molecule has 0 radical (unpaired) electrons. The highest BCUT2D eigenvalue weighted by atomic mass is 32.2. The fourth-order valence-electron chi connectivity index (χ4n) is 4.65. The van der Waals surface area contributed by atoms with Crippen LogP contribution in [0.4, 0.5) is 24.7 Å². The van der Waals surface area contributed by atoms with Crippen LogP contribution >= 0.6 is 0 Å². The Kier molecular flexibility index (Phi) is 5.87. The first-order valence-corrected chi connectivity index (χ1v) is 11.7. The first-order valence-electron chi connectivity index (χ1n) is 10.2. The summed E-state index contributed by atoms with van der Waals surface area (Å²) >= 11 is 0. The number of nitrogens with one attached hydrogen (secondary N) is 1. The van der Waals surface area contributed by atoms with E-state index in [9.17, 15) is 17.2 Å². The van der Waals surface area contributed by atoms with E-state index in [1.807, 2.05) is 9.62 Å². The van der Waals surface area contributed by atoms with Gasteiger partial charge in [-0.05, 0) is 63.4 Å². The van der Waals surface area contributed by atoms with E-state index < -0.39 is 32.5 Å². The zero-order valence-electron chi connectivity index (χ0n) is 17.4. The number of halogens is 3. The number of sulfonamides is 1. The maximum atomic E-state index is 15.1. The summed E-state index contributed by atoms with van der Waals surface area (Å²) < 4.78 is 70.4. The molecule has 1 N–H and O–H groups in total. The van der Waals surface area contributed by atoms with Crippen LogP contribution in [-0.4, -0.2) is 51.5 Å². The third-order valence-corrected chi connectivity index (χ3v) is 7.67. The second-order valence-electron chi connectivity index (χ2n) is 8.40. The molecule has 2 aliphatic heterocycles. The van der Waals surface area contributed by atoms with Gasteiger partial charge in [-0.25, -0.2) is 22.2 Å². The van der Waals surface area contributed by atoms with Crippen LogP contribution in [0.15, 0.2) is 29.2 Å². The van der Waals surface area contributed by atoms with Crippen molar-refractivity contribution < 1.29 is 21.6 Å². The van der Waals surface area contributed by atoms with Crippen molar-refractivity contribution in [3.05, 3.63) is 47.4 Å². The Hall–Kier alpha value is -2.33. The summed E-state index contributed by atoms with van der Waals surface area (Å²) in [7, 11) is -2.55. The third kappa shape index (κ3) is 4.36. The first-order chi connectivity index (χ1) is 14.7. The van der Waals surface area contributed by atoms with E-state index in [0.717, 1.165) is 38.1 Å². The molecule has 2 atom stereocenters. The van der Waals surface area contributed by atoms with Gasteiger partial charge in [0.1, 0.15) is 11.6 Å². The van der Waals surface area contributed by atoms with Crippen molar-refractivity contribution in [2.45, 2.75) is 24.7 Å². The zero-order valence-corrected chi connectivity index (χ0v) is 18.2. The van der Waals surface area contributed by atoms with Crippen molar-refractivity contribution in [2.24, 2.45) is 11.8 Å². The minimum Gasteiger partial charge on any atom is -0.371 e. The van der Waals surface area contributed by atoms with Crippen LogP contribution in [0, 0.1) is 36.3 Å². The smallest absolute Gasteiger partial charge is 0.268 e. The standard InChI is InChI=1S/C21H25F3N4O2S/c1-13-17(28-9-7-15(12-28)14-6-8-27(2)11-14)10-16(22)21(20(13)24)31(29,30)26-19-5-3-4-18(23)25-19/h3-5,10,14-15H,6-9,11-12H2,1-2H3,(H,25,26)/t14?,15-/m0/s1. The van der Waals surface area contributed by atoms with Crippen molar-refractivity contribution >= 4 is 21.5 Å². The van der Waals surface area contributed by atoms with Crippen molar-refractivity contribution in [1.29, 1.82) is 0 Å². The topological polar surface area (TPSA) is 65.5 Å². The Morgan fingerprint density at radius 3 is 2.48 bits per heavy atom. The highest BCUT2D eigenvalue weighted by molar-refractivity contribution is 7.92. The molecule has 168 valence electrons. The Morgan fingerprint density at radius 2 is 1.81 bits per heavy atom. The van der Waals surface area contributed by atoms with E-state index in [-0.39, 0.29) is 11.4 Å². The number of aromatic nitrogens is 1. The fraction of sp³-hybridized carbons (Fsp3) is 0.476. The van der Waals surface area contributed by atoms with Gasteiger partial charge in [-0.1, -0.05) is 6.07 Å². The lowest BCUT2D eigenvalue weighted by Gasteiger charge is -2.24. The van der Waals surface area contributed by atoms with Crippen LogP contribution in [-0.2, 0) is 10.0 Å². The molecule has 31 heavy (non-hydrogen) atoms. The molecule has 2 aliphatic rings. The summed E-state index contributed by atoms with van der Waals surface area (Å²) in [6.45, 7) is 4.89. The number of nitrogens with zero attached hydrogens (tertiary/aromatic N) is 3. The quantitative estimate of drug-likeness (QED) is 0.702. The third-order valence-electron chi connectivity index (χ3n) is 6.28. The summed E-state index contributed by atoms with van der Waals surface area (Å²) in [6, 6.07) is 4.55. The second-order valence-corrected chi connectivity index (χ2v) is 10.0. The summed E-state index contributed by atoms with van der Waals surface area (Å²) in [5.41, 5.74) is 0.435. The highest BCUT2D eigenvalue weighted by Gasteiger charge is 2.35. The van der Waals surface area contributed by atoms with Crippen LogP contribution in [0.25, 0.3) is 0 Å². The molecular weight excluding hydrogens is 429 g/mol. The molecule has 3 heterocycles. The van der Waals surface area contributed by atoms with Crippen LogP contribution in [0.2, 0.25) is 0 Å². The highest BCUT2D eigenvalue weighted by Crippen LogP contribution is 2.37. The van der Waals surface area contributed by atoms with Crippen molar-refractivity contribution in [3.8, 4) is 0 Å². The molecule has 1 aromatic carbocycles. The van der Waals surface area contributed by atoms with E-state index in [1.54, 1.807) is 0 Å². The lowest BCUT2D eigenvalue weighted by molar-refractivity contribution is 0.337. The molecular formula is C21H25F3N4O2S. The molecule has 1 unspecified atom stereocenters. The number of benzene rings is 1. The Bertz CT molecular complexity index is 1100. The number of rotatable bonds is 5. The molecule has 10 heteroatoms. The molecule has 6 nitrogen and oxygen atoms in total. The molecule has 0 aliphatic carbocycles. The molecule has 0 saturated carbocycles. The summed E-state index contributed by atoms with van der Waals surface area (Å²) in [6.07, 6.45) is 2.06. The summed E-state index contributed by atoms with van der Waals surface area (Å²) in [5.74, 6) is -2.60. The molecule has 1 aromatic heterocycles. The number of hydrogen-bond donors (Lipinski definition) is 1. The van der Waals surface area contributed by atoms with Gasteiger partial charge >= 0.3 is 0 Å². The monoisotopic (exact) mass is 454 g/mol. The van der Waals surface area contributed by atoms with E-state index in [0.29, 0.717) is 30.6 Å². The van der Waals surface area contributed by atoms with E-state index in [1.165, 1.54) is 19.1 Å². The minimum absolute atomic E-state index is 0.0677. The normalized spacial score (nSPS) is 22.3. The zero-order chi connectivity index (χ0) is 22.3. The molecule has 4 rings (SSSR count). The number of likely N-dealkylation sites (tertiary alicyclic amines) is 1. The fourth-order valence-corrected chi connectivity index (χ4v) is 5.85. The van der Waals surface area contributed by atoms with Gasteiger partial charge in [0.25, 0.3) is 10.0 Å². The van der Waals surface area contributed by atoms with E-state index in [4.69, 9.17) is 0 Å². The van der Waals surface area contributed by atoms with Gasteiger partial charge in [-0.15, -0.1) is 0 Å². The predicted octanol–water partition coefficient (Wildman–Crippen LogP) is 3.39. The minimum atomic E-state index is -4.64. The van der Waals surface area contributed by atoms with Gasteiger partial charge in [-0.2, -0.15) is 4.39 Å². The maximum absolute atomic E-state index is 15.1. The van der Waals surface area contributed by atoms with E-state index in [2.05, 4.69) is 16.9 Å². The second kappa shape index (κ2) is 8.31.